The Morgan fingerprint density at radius 2 is 1.75 bits per heavy atom. The lowest BCUT2D eigenvalue weighted by molar-refractivity contribution is 0.398. The van der Waals surface area contributed by atoms with Crippen molar-refractivity contribution in [2.45, 2.75) is 25.8 Å². The second kappa shape index (κ2) is 3.42. The van der Waals surface area contributed by atoms with E-state index in [4.69, 9.17) is 10.5 Å². The second-order valence-electron chi connectivity index (χ2n) is 4.83. The molecule has 1 fully saturated rings. The quantitative estimate of drug-likeness (QED) is 0.842. The molecule has 0 amide bonds. The summed E-state index contributed by atoms with van der Waals surface area (Å²) >= 11 is 0. The Hall–Kier alpha value is -1.16. The van der Waals surface area contributed by atoms with Gasteiger partial charge >= 0.3 is 0 Å². The highest BCUT2D eigenvalue weighted by molar-refractivity contribution is 5.44. The summed E-state index contributed by atoms with van der Waals surface area (Å²) in [5.74, 6) is -1.36. The third-order valence-corrected chi connectivity index (χ3v) is 3.52. The Kier molecular flexibility index (Phi) is 2.42. The van der Waals surface area contributed by atoms with Crippen LogP contribution < -0.4 is 10.5 Å². The highest BCUT2D eigenvalue weighted by Crippen LogP contribution is 2.59. The van der Waals surface area contributed by atoms with E-state index in [0.29, 0.717) is 11.3 Å². The average molecular weight is 227 g/mol. The smallest absolute Gasteiger partial charge is 0.162 e. The predicted octanol–water partition coefficient (Wildman–Crippen LogP) is 2.42. The number of benzene rings is 1. The van der Waals surface area contributed by atoms with Crippen LogP contribution in [-0.2, 0) is 0 Å². The number of methoxy groups -OCH3 is 1. The van der Waals surface area contributed by atoms with Crippen molar-refractivity contribution in [3.8, 4) is 5.75 Å². The molecule has 1 aromatic carbocycles. The van der Waals surface area contributed by atoms with Gasteiger partial charge in [0.2, 0.25) is 0 Å². The molecule has 2 nitrogen and oxygen atoms in total. The van der Waals surface area contributed by atoms with Crippen molar-refractivity contribution in [1.29, 1.82) is 0 Å². The summed E-state index contributed by atoms with van der Waals surface area (Å²) < 4.78 is 31.3. The van der Waals surface area contributed by atoms with E-state index in [1.165, 1.54) is 13.2 Å². The normalized spacial score (nSPS) is 26.6. The van der Waals surface area contributed by atoms with Crippen molar-refractivity contribution in [1.82, 2.24) is 0 Å². The molecule has 0 spiro atoms. The first-order valence-electron chi connectivity index (χ1n) is 5.18. The van der Waals surface area contributed by atoms with Gasteiger partial charge in [0.25, 0.3) is 0 Å². The number of halogens is 2. The van der Waals surface area contributed by atoms with Gasteiger partial charge in [-0.2, -0.15) is 0 Å². The van der Waals surface area contributed by atoms with Gasteiger partial charge in [0.05, 0.1) is 7.11 Å². The molecule has 0 saturated heterocycles. The van der Waals surface area contributed by atoms with Crippen molar-refractivity contribution in [2.75, 3.05) is 7.11 Å². The summed E-state index contributed by atoms with van der Waals surface area (Å²) in [5.41, 5.74) is 6.48. The van der Waals surface area contributed by atoms with Crippen LogP contribution >= 0.6 is 0 Å². The summed E-state index contributed by atoms with van der Waals surface area (Å²) in [6, 6.07) is 2.23. The average Bonchev–Trinajstić information content (AvgIpc) is 2.70. The lowest BCUT2D eigenvalue weighted by Crippen LogP contribution is -2.06. The van der Waals surface area contributed by atoms with Crippen molar-refractivity contribution >= 4 is 0 Å². The van der Waals surface area contributed by atoms with Gasteiger partial charge in [-0.25, -0.2) is 8.78 Å². The number of hydrogen-bond acceptors (Lipinski definition) is 2. The van der Waals surface area contributed by atoms with Crippen LogP contribution in [0.4, 0.5) is 8.78 Å². The molecule has 0 aromatic heterocycles. The topological polar surface area (TPSA) is 35.2 Å². The van der Waals surface area contributed by atoms with Crippen molar-refractivity contribution in [3.05, 3.63) is 29.3 Å². The molecule has 1 aliphatic carbocycles. The molecule has 2 N–H and O–H groups in total. The summed E-state index contributed by atoms with van der Waals surface area (Å²) in [5, 5.41) is 0. The molecule has 2 atom stereocenters. The first kappa shape index (κ1) is 11.3. The van der Waals surface area contributed by atoms with Crippen molar-refractivity contribution < 1.29 is 13.5 Å². The van der Waals surface area contributed by atoms with E-state index in [0.717, 1.165) is 6.07 Å². The van der Waals surface area contributed by atoms with Gasteiger partial charge in [0.15, 0.2) is 11.6 Å². The molecular formula is C12H15F2NO. The Labute approximate surface area is 93.4 Å². The lowest BCUT2D eigenvalue weighted by Gasteiger charge is -2.10. The van der Waals surface area contributed by atoms with E-state index in [-0.39, 0.29) is 17.4 Å². The number of ether oxygens (including phenoxy) is 1. The summed E-state index contributed by atoms with van der Waals surface area (Å²) in [6.07, 6.45) is 0. The predicted molar refractivity (Wildman–Crippen MR) is 57.4 cm³/mol. The van der Waals surface area contributed by atoms with E-state index in [1.54, 1.807) is 0 Å². The molecule has 1 aliphatic rings. The Bertz CT molecular complexity index is 431. The first-order valence-corrected chi connectivity index (χ1v) is 5.18. The third-order valence-electron chi connectivity index (χ3n) is 3.52. The van der Waals surface area contributed by atoms with Gasteiger partial charge in [-0.15, -0.1) is 0 Å². The van der Waals surface area contributed by atoms with Crippen LogP contribution in [0.5, 0.6) is 5.75 Å². The lowest BCUT2D eigenvalue weighted by atomic mass is 10.0. The molecule has 88 valence electrons. The summed E-state index contributed by atoms with van der Waals surface area (Å²) in [6.45, 7) is 4.01. The maximum absolute atomic E-state index is 13.2. The molecule has 0 bridgehead atoms. The second-order valence-corrected chi connectivity index (χ2v) is 4.83. The van der Waals surface area contributed by atoms with Gasteiger partial charge in [-0.1, -0.05) is 13.8 Å². The summed E-state index contributed by atoms with van der Waals surface area (Å²) in [4.78, 5) is 0. The zero-order chi connectivity index (χ0) is 12.1. The minimum atomic E-state index is -0.896. The van der Waals surface area contributed by atoms with Gasteiger partial charge in [0.1, 0.15) is 5.75 Å². The molecule has 1 aromatic rings. The molecule has 0 aliphatic heterocycles. The minimum absolute atomic E-state index is 0.0255. The van der Waals surface area contributed by atoms with Crippen molar-refractivity contribution in [3.63, 3.8) is 0 Å². The summed E-state index contributed by atoms with van der Waals surface area (Å²) in [7, 11) is 1.44. The molecular weight excluding hydrogens is 212 g/mol. The molecule has 16 heavy (non-hydrogen) atoms. The van der Waals surface area contributed by atoms with Crippen LogP contribution in [0.1, 0.15) is 25.3 Å². The fraction of sp³-hybridized carbons (Fsp3) is 0.500. The molecule has 0 heterocycles. The standard InChI is InChI=1S/C12H15F2NO/c1-12(2)10(11(12)15)6-4-7(13)8(14)5-9(6)16-3/h4-5,10-11H,15H2,1-3H3/t10-,11-/m0/s1. The zero-order valence-corrected chi connectivity index (χ0v) is 9.55. The van der Waals surface area contributed by atoms with E-state index in [2.05, 4.69) is 0 Å². The molecule has 2 rings (SSSR count). The molecule has 1 saturated carbocycles. The van der Waals surface area contributed by atoms with Crippen molar-refractivity contribution in [2.24, 2.45) is 11.1 Å². The maximum Gasteiger partial charge on any atom is 0.162 e. The Morgan fingerprint density at radius 3 is 2.19 bits per heavy atom. The third kappa shape index (κ3) is 1.48. The van der Waals surface area contributed by atoms with Gasteiger partial charge in [-0.3, -0.25) is 0 Å². The molecule has 4 heteroatoms. The monoisotopic (exact) mass is 227 g/mol. The van der Waals surface area contributed by atoms with Crippen LogP contribution in [0.2, 0.25) is 0 Å². The highest BCUT2D eigenvalue weighted by atomic mass is 19.2. The van der Waals surface area contributed by atoms with Crippen LogP contribution in [0.3, 0.4) is 0 Å². The SMILES string of the molecule is COc1cc(F)c(F)cc1[C@H]1[C@H](N)C1(C)C. The zero-order valence-electron chi connectivity index (χ0n) is 9.55. The van der Waals surface area contributed by atoms with Crippen LogP contribution in [0.25, 0.3) is 0 Å². The number of nitrogens with two attached hydrogens (primary N) is 1. The van der Waals surface area contributed by atoms with Gasteiger partial charge < -0.3 is 10.5 Å². The van der Waals surface area contributed by atoms with Crippen LogP contribution in [0.15, 0.2) is 12.1 Å². The Balaban J connectivity index is 2.46. The number of hydrogen-bond donors (Lipinski definition) is 1. The first-order chi connectivity index (χ1) is 7.39. The largest absolute Gasteiger partial charge is 0.496 e. The van der Waals surface area contributed by atoms with Gasteiger partial charge in [0, 0.05) is 23.6 Å². The minimum Gasteiger partial charge on any atom is -0.496 e. The number of rotatable bonds is 2. The maximum atomic E-state index is 13.2. The fourth-order valence-electron chi connectivity index (χ4n) is 2.24. The van der Waals surface area contributed by atoms with E-state index in [1.807, 2.05) is 13.8 Å². The van der Waals surface area contributed by atoms with Gasteiger partial charge in [-0.05, 0) is 11.5 Å². The van der Waals surface area contributed by atoms with E-state index < -0.39 is 11.6 Å². The molecule has 0 radical (unpaired) electrons. The van der Waals surface area contributed by atoms with Crippen LogP contribution in [0, 0.1) is 17.0 Å². The molecule has 0 unspecified atom stereocenters. The highest BCUT2D eigenvalue weighted by Gasteiger charge is 2.57. The van der Waals surface area contributed by atoms with Crippen LogP contribution in [-0.4, -0.2) is 13.2 Å². The Morgan fingerprint density at radius 1 is 1.25 bits per heavy atom. The fourth-order valence-corrected chi connectivity index (χ4v) is 2.24. The van der Waals surface area contributed by atoms with E-state index in [9.17, 15) is 8.78 Å². The van der Waals surface area contributed by atoms with E-state index >= 15 is 0 Å².